The van der Waals surface area contributed by atoms with Gasteiger partial charge in [-0.15, -0.1) is 0 Å². The van der Waals surface area contributed by atoms with Crippen LogP contribution < -0.4 is 0 Å². The van der Waals surface area contributed by atoms with Gasteiger partial charge in [-0.05, 0) is 48.2 Å². The Kier molecular flexibility index (Phi) is 4.52. The van der Waals surface area contributed by atoms with Gasteiger partial charge in [-0.25, -0.2) is 4.79 Å². The lowest BCUT2D eigenvalue weighted by Crippen LogP contribution is -2.08. The summed E-state index contributed by atoms with van der Waals surface area (Å²) in [4.78, 5) is 10.9. The first kappa shape index (κ1) is 16.1. The fourth-order valence-electron chi connectivity index (χ4n) is 3.22. The van der Waals surface area contributed by atoms with Crippen molar-refractivity contribution < 1.29 is 9.90 Å². The molecule has 0 aliphatic carbocycles. The van der Waals surface area contributed by atoms with E-state index in [1.54, 1.807) is 0 Å². The maximum absolute atomic E-state index is 10.9. The number of aromatic nitrogens is 1. The first-order valence-electron chi connectivity index (χ1n) is 8.17. The summed E-state index contributed by atoms with van der Waals surface area (Å²) in [6.07, 6.45) is 4.37. The number of rotatable bonds is 5. The molecule has 0 spiro atoms. The van der Waals surface area contributed by atoms with E-state index in [-0.39, 0.29) is 0 Å². The lowest BCUT2D eigenvalue weighted by Gasteiger charge is -2.19. The Labute approximate surface area is 141 Å². The average Bonchev–Trinajstić information content (AvgIpc) is 2.99. The van der Waals surface area contributed by atoms with Crippen molar-refractivity contribution in [1.29, 1.82) is 0 Å². The number of allylic oxidation sites excluding steroid dienone is 1. The smallest absolute Gasteiger partial charge is 0.328 e. The zero-order chi connectivity index (χ0) is 17.1. The van der Waals surface area contributed by atoms with Gasteiger partial charge in [0.15, 0.2) is 0 Å². The molecule has 1 N–H and O–H groups in total. The molecule has 1 aromatic heterocycles. The molecule has 0 radical (unpaired) electrons. The van der Waals surface area contributed by atoms with Gasteiger partial charge in [0.25, 0.3) is 0 Å². The van der Waals surface area contributed by atoms with Crippen molar-refractivity contribution in [2.24, 2.45) is 0 Å². The molecule has 3 rings (SSSR count). The van der Waals surface area contributed by atoms with Crippen LogP contribution in [0, 0.1) is 0 Å². The average molecular weight is 319 g/mol. The van der Waals surface area contributed by atoms with Crippen molar-refractivity contribution in [3.8, 4) is 0 Å². The lowest BCUT2D eigenvalue weighted by molar-refractivity contribution is -0.131. The minimum absolute atomic E-state index is 0.296. The molecule has 0 fully saturated rings. The highest BCUT2D eigenvalue weighted by atomic mass is 16.4. The Balaban J connectivity index is 2.04. The summed E-state index contributed by atoms with van der Waals surface area (Å²) in [5.41, 5.74) is 4.16. The molecule has 0 amide bonds. The Hall–Kier alpha value is -2.81. The number of carboxylic acid groups (broad SMARTS) is 1. The standard InChI is InChI=1S/C21H21NO2/c1-3-19(16-7-5-4-6-8-16)22-12-11-18-14-17(9-10-20(18)22)15(2)13-21(23)24/h4-14,19H,3H2,1-2H3,(H,23,24)/b15-13+. The molecule has 1 atom stereocenters. The van der Waals surface area contributed by atoms with E-state index >= 15 is 0 Å². The Bertz CT molecular complexity index is 891. The van der Waals surface area contributed by atoms with E-state index in [2.05, 4.69) is 60.2 Å². The molecular formula is C21H21NO2. The summed E-state index contributed by atoms with van der Waals surface area (Å²) in [6.45, 7) is 4.02. The van der Waals surface area contributed by atoms with Gasteiger partial charge in [0.05, 0.1) is 6.04 Å². The number of carbonyl (C=O) groups is 1. The molecule has 0 saturated heterocycles. The van der Waals surface area contributed by atoms with Crippen LogP contribution in [-0.2, 0) is 4.79 Å². The number of carboxylic acids is 1. The van der Waals surface area contributed by atoms with E-state index in [9.17, 15) is 4.79 Å². The maximum atomic E-state index is 10.9. The lowest BCUT2D eigenvalue weighted by atomic mass is 10.0. The van der Waals surface area contributed by atoms with Crippen LogP contribution in [0.15, 0.2) is 66.9 Å². The van der Waals surface area contributed by atoms with Gasteiger partial charge in [-0.3, -0.25) is 0 Å². The molecule has 24 heavy (non-hydrogen) atoms. The number of hydrogen-bond donors (Lipinski definition) is 1. The summed E-state index contributed by atoms with van der Waals surface area (Å²) in [5.74, 6) is -0.916. The molecule has 2 aromatic carbocycles. The number of aliphatic carboxylic acids is 1. The minimum atomic E-state index is -0.916. The summed E-state index contributed by atoms with van der Waals surface area (Å²) in [7, 11) is 0. The van der Waals surface area contributed by atoms with E-state index in [0.717, 1.165) is 28.5 Å². The van der Waals surface area contributed by atoms with Crippen LogP contribution in [-0.4, -0.2) is 15.6 Å². The molecule has 1 unspecified atom stereocenters. The van der Waals surface area contributed by atoms with Gasteiger partial charge >= 0.3 is 5.97 Å². The zero-order valence-corrected chi connectivity index (χ0v) is 13.9. The second kappa shape index (κ2) is 6.75. The molecule has 1 heterocycles. The van der Waals surface area contributed by atoms with Crippen molar-refractivity contribution >= 4 is 22.4 Å². The topological polar surface area (TPSA) is 42.2 Å². The summed E-state index contributed by atoms with van der Waals surface area (Å²) in [6, 6.07) is 19.0. The molecule has 122 valence electrons. The van der Waals surface area contributed by atoms with Crippen molar-refractivity contribution in [3.63, 3.8) is 0 Å². The molecule has 0 bridgehead atoms. The number of fused-ring (bicyclic) bond motifs is 1. The third kappa shape index (κ3) is 3.11. The SMILES string of the molecule is CCC(c1ccccc1)n1ccc2cc(/C(C)=C/C(=O)O)ccc21. The van der Waals surface area contributed by atoms with Crippen LogP contribution in [0.3, 0.4) is 0 Å². The Morgan fingerprint density at radius 1 is 1.17 bits per heavy atom. The van der Waals surface area contributed by atoms with E-state index in [1.165, 1.54) is 11.6 Å². The van der Waals surface area contributed by atoms with Crippen molar-refractivity contribution in [3.05, 3.63) is 78.0 Å². The van der Waals surface area contributed by atoms with Crippen LogP contribution in [0.25, 0.3) is 16.5 Å². The second-order valence-electron chi connectivity index (χ2n) is 6.00. The van der Waals surface area contributed by atoms with E-state index in [0.29, 0.717) is 6.04 Å². The third-order valence-electron chi connectivity index (χ3n) is 4.42. The zero-order valence-electron chi connectivity index (χ0n) is 13.9. The fraction of sp³-hybridized carbons (Fsp3) is 0.190. The van der Waals surface area contributed by atoms with Crippen LogP contribution in [0.4, 0.5) is 0 Å². The minimum Gasteiger partial charge on any atom is -0.478 e. The number of nitrogens with zero attached hydrogens (tertiary/aromatic N) is 1. The third-order valence-corrected chi connectivity index (χ3v) is 4.42. The Morgan fingerprint density at radius 3 is 2.58 bits per heavy atom. The summed E-state index contributed by atoms with van der Waals surface area (Å²) in [5, 5.41) is 10.0. The molecule has 3 nitrogen and oxygen atoms in total. The van der Waals surface area contributed by atoms with Crippen molar-refractivity contribution in [2.45, 2.75) is 26.3 Å². The quantitative estimate of drug-likeness (QED) is 0.663. The summed E-state index contributed by atoms with van der Waals surface area (Å²) < 4.78 is 2.30. The van der Waals surface area contributed by atoms with E-state index < -0.39 is 5.97 Å². The predicted molar refractivity (Wildman–Crippen MR) is 98.1 cm³/mol. The van der Waals surface area contributed by atoms with Crippen LogP contribution in [0.5, 0.6) is 0 Å². The summed E-state index contributed by atoms with van der Waals surface area (Å²) >= 11 is 0. The van der Waals surface area contributed by atoms with Gasteiger partial charge in [-0.1, -0.05) is 43.3 Å². The fourth-order valence-corrected chi connectivity index (χ4v) is 3.22. The highest BCUT2D eigenvalue weighted by molar-refractivity contribution is 5.92. The molecule has 3 heteroatoms. The molecular weight excluding hydrogens is 298 g/mol. The second-order valence-corrected chi connectivity index (χ2v) is 6.00. The molecule has 0 aliphatic rings. The van der Waals surface area contributed by atoms with E-state index in [1.807, 2.05) is 19.1 Å². The molecule has 0 saturated carbocycles. The van der Waals surface area contributed by atoms with Gasteiger partial charge < -0.3 is 9.67 Å². The molecule has 3 aromatic rings. The highest BCUT2D eigenvalue weighted by Gasteiger charge is 2.13. The first-order valence-corrected chi connectivity index (χ1v) is 8.17. The monoisotopic (exact) mass is 319 g/mol. The normalized spacial score (nSPS) is 13.2. The Morgan fingerprint density at radius 2 is 1.92 bits per heavy atom. The van der Waals surface area contributed by atoms with Gasteiger partial charge in [0.1, 0.15) is 0 Å². The van der Waals surface area contributed by atoms with Gasteiger partial charge in [0, 0.05) is 23.2 Å². The largest absolute Gasteiger partial charge is 0.478 e. The van der Waals surface area contributed by atoms with Crippen molar-refractivity contribution in [1.82, 2.24) is 4.57 Å². The van der Waals surface area contributed by atoms with Crippen LogP contribution in [0.1, 0.15) is 37.4 Å². The van der Waals surface area contributed by atoms with Crippen LogP contribution in [0.2, 0.25) is 0 Å². The highest BCUT2D eigenvalue weighted by Crippen LogP contribution is 2.29. The molecule has 0 aliphatic heterocycles. The van der Waals surface area contributed by atoms with Crippen molar-refractivity contribution in [2.75, 3.05) is 0 Å². The van der Waals surface area contributed by atoms with E-state index in [4.69, 9.17) is 5.11 Å². The maximum Gasteiger partial charge on any atom is 0.328 e. The number of benzene rings is 2. The first-order chi connectivity index (χ1) is 11.6. The van der Waals surface area contributed by atoms with Crippen LogP contribution >= 0.6 is 0 Å². The number of hydrogen-bond acceptors (Lipinski definition) is 1. The van der Waals surface area contributed by atoms with Gasteiger partial charge in [0.2, 0.25) is 0 Å². The predicted octanol–water partition coefficient (Wildman–Crippen LogP) is 5.13. The van der Waals surface area contributed by atoms with Gasteiger partial charge in [-0.2, -0.15) is 0 Å².